The Morgan fingerprint density at radius 2 is 1.68 bits per heavy atom. The van der Waals surface area contributed by atoms with Crippen LogP contribution in [0.4, 0.5) is 0 Å². The summed E-state index contributed by atoms with van der Waals surface area (Å²) < 4.78 is 0. The second kappa shape index (κ2) is 12.2. The summed E-state index contributed by atoms with van der Waals surface area (Å²) in [6, 6.07) is 21.2. The summed E-state index contributed by atoms with van der Waals surface area (Å²) in [7, 11) is 1.53. The number of amides is 4. The summed E-state index contributed by atoms with van der Waals surface area (Å²) >= 11 is 0. The van der Waals surface area contributed by atoms with E-state index in [0.29, 0.717) is 24.9 Å². The molecule has 8 nitrogen and oxygen atoms in total. The van der Waals surface area contributed by atoms with Gasteiger partial charge in [-0.2, -0.15) is 0 Å². The van der Waals surface area contributed by atoms with Crippen LogP contribution in [0.5, 0.6) is 0 Å². The Morgan fingerprint density at radius 1 is 0.946 bits per heavy atom. The molecule has 3 aromatic rings. The van der Waals surface area contributed by atoms with E-state index in [9.17, 15) is 19.2 Å². The molecule has 1 aliphatic rings. The average molecular weight is 501 g/mol. The van der Waals surface area contributed by atoms with Gasteiger partial charge in [-0.15, -0.1) is 0 Å². The minimum Gasteiger partial charge on any atom is -0.359 e. The van der Waals surface area contributed by atoms with Crippen LogP contribution in [0.2, 0.25) is 0 Å². The third kappa shape index (κ3) is 6.94. The predicted molar refractivity (Wildman–Crippen MR) is 142 cm³/mol. The van der Waals surface area contributed by atoms with Crippen molar-refractivity contribution in [2.45, 2.75) is 37.8 Å². The van der Waals surface area contributed by atoms with E-state index in [1.807, 2.05) is 60.7 Å². The molecular formula is C29H32N4O4. The first-order valence-electron chi connectivity index (χ1n) is 12.5. The molecule has 0 saturated carbocycles. The Labute approximate surface area is 216 Å². The Bertz CT molecular complexity index is 1280. The number of hydrogen-bond acceptors (Lipinski definition) is 4. The largest absolute Gasteiger partial charge is 0.359 e. The molecule has 1 aliphatic heterocycles. The maximum atomic E-state index is 13.5. The molecule has 1 heterocycles. The van der Waals surface area contributed by atoms with Crippen LogP contribution in [-0.2, 0) is 20.8 Å². The first-order chi connectivity index (χ1) is 17.9. The third-order valence-electron chi connectivity index (χ3n) is 6.70. The van der Waals surface area contributed by atoms with Gasteiger partial charge in [-0.3, -0.25) is 19.2 Å². The number of fused-ring (bicyclic) bond motifs is 1. The smallest absolute Gasteiger partial charge is 0.251 e. The molecule has 37 heavy (non-hydrogen) atoms. The highest BCUT2D eigenvalue weighted by Gasteiger charge is 2.31. The van der Waals surface area contributed by atoms with E-state index >= 15 is 0 Å². The Balaban J connectivity index is 1.53. The SMILES string of the molecule is CNC(=O)C[C@H](C[C@@H]1CCNC1=O)NC(=O)[C@H](Cc1ccccc1)NC(=O)c1ccc2ccccc2c1. The molecule has 3 atom stereocenters. The summed E-state index contributed by atoms with van der Waals surface area (Å²) in [5, 5.41) is 13.2. The van der Waals surface area contributed by atoms with Gasteiger partial charge in [-0.05, 0) is 41.3 Å². The van der Waals surface area contributed by atoms with E-state index < -0.39 is 18.0 Å². The van der Waals surface area contributed by atoms with Crippen molar-refractivity contribution in [3.63, 3.8) is 0 Å². The molecule has 3 aromatic carbocycles. The molecule has 0 unspecified atom stereocenters. The average Bonchev–Trinajstić information content (AvgIpc) is 3.32. The van der Waals surface area contributed by atoms with Crippen molar-refractivity contribution in [3.8, 4) is 0 Å². The molecule has 0 radical (unpaired) electrons. The molecule has 4 amide bonds. The summed E-state index contributed by atoms with van der Waals surface area (Å²) in [5.41, 5.74) is 1.34. The molecular weight excluding hydrogens is 468 g/mol. The van der Waals surface area contributed by atoms with E-state index in [-0.39, 0.29) is 36.5 Å². The molecule has 1 saturated heterocycles. The topological polar surface area (TPSA) is 116 Å². The normalized spacial score (nSPS) is 16.5. The quantitative estimate of drug-likeness (QED) is 0.342. The van der Waals surface area contributed by atoms with E-state index in [0.717, 1.165) is 16.3 Å². The molecule has 4 rings (SSSR count). The second-order valence-electron chi connectivity index (χ2n) is 9.37. The van der Waals surface area contributed by atoms with Crippen molar-refractivity contribution >= 4 is 34.4 Å². The van der Waals surface area contributed by atoms with Crippen LogP contribution >= 0.6 is 0 Å². The summed E-state index contributed by atoms with van der Waals surface area (Å²) in [5.74, 6) is -1.33. The minimum absolute atomic E-state index is 0.0443. The van der Waals surface area contributed by atoms with Crippen LogP contribution in [0.3, 0.4) is 0 Å². The van der Waals surface area contributed by atoms with Crippen molar-refractivity contribution in [2.24, 2.45) is 5.92 Å². The van der Waals surface area contributed by atoms with Crippen LogP contribution in [0.15, 0.2) is 72.8 Å². The zero-order valence-corrected chi connectivity index (χ0v) is 20.8. The lowest BCUT2D eigenvalue weighted by Gasteiger charge is -2.25. The molecule has 0 spiro atoms. The molecule has 0 aliphatic carbocycles. The fourth-order valence-corrected chi connectivity index (χ4v) is 4.67. The maximum Gasteiger partial charge on any atom is 0.251 e. The van der Waals surface area contributed by atoms with Crippen molar-refractivity contribution in [1.29, 1.82) is 0 Å². The van der Waals surface area contributed by atoms with Gasteiger partial charge in [0.25, 0.3) is 5.91 Å². The Kier molecular flexibility index (Phi) is 8.51. The molecule has 0 bridgehead atoms. The van der Waals surface area contributed by atoms with Crippen molar-refractivity contribution < 1.29 is 19.2 Å². The second-order valence-corrected chi connectivity index (χ2v) is 9.37. The first-order valence-corrected chi connectivity index (χ1v) is 12.5. The highest BCUT2D eigenvalue weighted by Crippen LogP contribution is 2.19. The predicted octanol–water partition coefficient (Wildman–Crippen LogP) is 2.33. The lowest BCUT2D eigenvalue weighted by Crippen LogP contribution is -2.52. The summed E-state index contributed by atoms with van der Waals surface area (Å²) in [6.07, 6.45) is 1.33. The molecule has 4 N–H and O–H groups in total. The van der Waals surface area contributed by atoms with Crippen molar-refractivity contribution in [2.75, 3.05) is 13.6 Å². The van der Waals surface area contributed by atoms with Crippen molar-refractivity contribution in [1.82, 2.24) is 21.3 Å². The fraction of sp³-hybridized carbons (Fsp3) is 0.310. The van der Waals surface area contributed by atoms with Crippen LogP contribution in [0.1, 0.15) is 35.2 Å². The first kappa shape index (κ1) is 25.9. The Hall–Kier alpha value is -4.20. The lowest BCUT2D eigenvalue weighted by atomic mass is 9.95. The van der Waals surface area contributed by atoms with Gasteiger partial charge in [-0.25, -0.2) is 0 Å². The number of rotatable bonds is 10. The zero-order chi connectivity index (χ0) is 26.2. The van der Waals surface area contributed by atoms with Crippen LogP contribution in [0, 0.1) is 5.92 Å². The van der Waals surface area contributed by atoms with Crippen molar-refractivity contribution in [3.05, 3.63) is 83.9 Å². The van der Waals surface area contributed by atoms with Gasteiger partial charge in [-0.1, -0.05) is 60.7 Å². The zero-order valence-electron chi connectivity index (χ0n) is 20.8. The number of carbonyl (C=O) groups excluding carboxylic acids is 4. The standard InChI is InChI=1S/C29H32N4O4/c1-30-26(34)18-24(17-23-13-14-31-27(23)35)32-29(37)25(15-19-7-3-2-4-8-19)33-28(36)22-12-11-20-9-5-6-10-21(20)16-22/h2-12,16,23-25H,13-15,17-18H2,1H3,(H,30,34)(H,31,35)(H,32,37)(H,33,36)/t23-,24-,25-/m0/s1. The van der Waals surface area contributed by atoms with E-state index in [1.54, 1.807) is 12.1 Å². The van der Waals surface area contributed by atoms with Gasteiger partial charge in [0.15, 0.2) is 0 Å². The lowest BCUT2D eigenvalue weighted by molar-refractivity contribution is -0.127. The van der Waals surface area contributed by atoms with Gasteiger partial charge in [0.2, 0.25) is 17.7 Å². The van der Waals surface area contributed by atoms with E-state index in [4.69, 9.17) is 0 Å². The summed E-state index contributed by atoms with van der Waals surface area (Å²) in [6.45, 7) is 0.586. The van der Waals surface area contributed by atoms with Crippen LogP contribution in [0.25, 0.3) is 10.8 Å². The van der Waals surface area contributed by atoms with Crippen LogP contribution < -0.4 is 21.3 Å². The highest BCUT2D eigenvalue weighted by molar-refractivity contribution is 6.00. The molecule has 0 aromatic heterocycles. The highest BCUT2D eigenvalue weighted by atomic mass is 16.2. The molecule has 192 valence electrons. The fourth-order valence-electron chi connectivity index (χ4n) is 4.67. The minimum atomic E-state index is -0.869. The van der Waals surface area contributed by atoms with Gasteiger partial charge in [0, 0.05) is 44.0 Å². The molecule has 1 fully saturated rings. The Morgan fingerprint density at radius 3 is 2.38 bits per heavy atom. The van der Waals surface area contributed by atoms with E-state index in [1.165, 1.54) is 7.05 Å². The third-order valence-corrected chi connectivity index (χ3v) is 6.70. The number of benzene rings is 3. The number of carbonyl (C=O) groups is 4. The number of nitrogens with one attached hydrogen (secondary N) is 4. The molecule has 8 heteroatoms. The summed E-state index contributed by atoms with van der Waals surface area (Å²) in [4.78, 5) is 51.0. The van der Waals surface area contributed by atoms with E-state index in [2.05, 4.69) is 21.3 Å². The van der Waals surface area contributed by atoms with Crippen LogP contribution in [-0.4, -0.2) is 49.3 Å². The van der Waals surface area contributed by atoms with Gasteiger partial charge in [0.05, 0.1) is 0 Å². The maximum absolute atomic E-state index is 13.5. The monoisotopic (exact) mass is 500 g/mol. The van der Waals surface area contributed by atoms with Gasteiger partial charge < -0.3 is 21.3 Å². The van der Waals surface area contributed by atoms with Gasteiger partial charge >= 0.3 is 0 Å². The number of hydrogen-bond donors (Lipinski definition) is 4. The van der Waals surface area contributed by atoms with Gasteiger partial charge in [0.1, 0.15) is 6.04 Å².